The lowest BCUT2D eigenvalue weighted by atomic mass is 10.0. The lowest BCUT2D eigenvalue weighted by Crippen LogP contribution is -2.27. The van der Waals surface area contributed by atoms with Crippen LogP contribution < -0.4 is 11.1 Å². The van der Waals surface area contributed by atoms with Crippen molar-refractivity contribution < 1.29 is 9.18 Å². The van der Waals surface area contributed by atoms with Crippen molar-refractivity contribution in [3.8, 4) is 11.1 Å². The molecule has 1 saturated carbocycles. The number of halogens is 2. The first-order chi connectivity index (χ1) is 13.0. The van der Waals surface area contributed by atoms with Gasteiger partial charge in [-0.3, -0.25) is 4.79 Å². The van der Waals surface area contributed by atoms with Crippen LogP contribution in [0, 0.1) is 5.82 Å². The number of pyridine rings is 1. The highest BCUT2D eigenvalue weighted by Crippen LogP contribution is 2.41. The van der Waals surface area contributed by atoms with Gasteiger partial charge in [-0.15, -0.1) is 0 Å². The molecule has 4 nitrogen and oxygen atoms in total. The maximum Gasteiger partial charge on any atom is 0.254 e. The van der Waals surface area contributed by atoms with Crippen molar-refractivity contribution >= 4 is 27.7 Å². The van der Waals surface area contributed by atoms with Gasteiger partial charge in [0.15, 0.2) is 0 Å². The van der Waals surface area contributed by atoms with Gasteiger partial charge >= 0.3 is 0 Å². The van der Waals surface area contributed by atoms with E-state index in [1.165, 1.54) is 17.7 Å². The second-order valence-corrected chi connectivity index (χ2v) is 7.43. The third-order valence-corrected chi connectivity index (χ3v) is 5.43. The molecule has 0 spiro atoms. The highest BCUT2D eigenvalue weighted by atomic mass is 79.9. The molecule has 27 heavy (non-hydrogen) atoms. The van der Waals surface area contributed by atoms with Gasteiger partial charge in [-0.2, -0.15) is 0 Å². The summed E-state index contributed by atoms with van der Waals surface area (Å²) in [5, 5.41) is 2.92. The molecule has 3 aromatic rings. The zero-order valence-electron chi connectivity index (χ0n) is 14.3. The van der Waals surface area contributed by atoms with Gasteiger partial charge in [0, 0.05) is 28.2 Å². The molecule has 1 amide bonds. The van der Waals surface area contributed by atoms with Crippen molar-refractivity contribution in [3.63, 3.8) is 0 Å². The smallest absolute Gasteiger partial charge is 0.254 e. The van der Waals surface area contributed by atoms with Crippen LogP contribution in [-0.2, 0) is 0 Å². The lowest BCUT2D eigenvalue weighted by Gasteiger charge is -2.10. The van der Waals surface area contributed by atoms with Crippen LogP contribution in [0.5, 0.6) is 0 Å². The van der Waals surface area contributed by atoms with Gasteiger partial charge in [0.1, 0.15) is 11.6 Å². The summed E-state index contributed by atoms with van der Waals surface area (Å²) in [6.07, 6.45) is 2.44. The summed E-state index contributed by atoms with van der Waals surface area (Å²) in [6.45, 7) is 0. The topological polar surface area (TPSA) is 68.0 Å². The van der Waals surface area contributed by atoms with Crippen LogP contribution in [0.3, 0.4) is 0 Å². The van der Waals surface area contributed by atoms with E-state index in [1.807, 2.05) is 30.3 Å². The fraction of sp³-hybridized carbons (Fsp3) is 0.143. The summed E-state index contributed by atoms with van der Waals surface area (Å²) in [6, 6.07) is 16.3. The highest BCUT2D eigenvalue weighted by Gasteiger charge is 2.39. The van der Waals surface area contributed by atoms with Crippen LogP contribution in [0.4, 0.5) is 10.2 Å². The Morgan fingerprint density at radius 3 is 2.67 bits per heavy atom. The third-order valence-electron chi connectivity index (χ3n) is 4.77. The third kappa shape index (κ3) is 3.57. The molecule has 1 heterocycles. The summed E-state index contributed by atoms with van der Waals surface area (Å²) < 4.78 is 15.3. The molecule has 0 saturated heterocycles. The van der Waals surface area contributed by atoms with Crippen molar-refractivity contribution in [3.05, 3.63) is 82.2 Å². The normalized spacial score (nSPS) is 18.1. The standard InChI is InChI=1S/C21H17BrFN3O/c22-16-8-9-25-20(24)19(16)13-6-7-14(17(23)10-13)21(27)26-18-11-15(18)12-4-2-1-3-5-12/h1-10,15,18H,11H2,(H2,24,25)(H,26,27)/t15-,18+/m1/s1. The highest BCUT2D eigenvalue weighted by molar-refractivity contribution is 9.10. The molecule has 136 valence electrons. The second kappa shape index (κ2) is 7.12. The molecule has 0 bridgehead atoms. The van der Waals surface area contributed by atoms with Gasteiger partial charge < -0.3 is 11.1 Å². The summed E-state index contributed by atoms with van der Waals surface area (Å²) in [4.78, 5) is 16.5. The molecular weight excluding hydrogens is 409 g/mol. The van der Waals surface area contributed by atoms with E-state index < -0.39 is 11.7 Å². The molecule has 4 rings (SSSR count). The first-order valence-electron chi connectivity index (χ1n) is 8.60. The molecule has 3 N–H and O–H groups in total. The molecule has 1 fully saturated rings. The fourth-order valence-electron chi connectivity index (χ4n) is 3.26. The number of nitrogen functional groups attached to an aromatic ring is 1. The minimum atomic E-state index is -0.586. The number of nitrogens with two attached hydrogens (primary N) is 1. The number of amides is 1. The van der Waals surface area contributed by atoms with Crippen LogP contribution in [0.25, 0.3) is 11.1 Å². The Balaban J connectivity index is 1.51. The zero-order valence-corrected chi connectivity index (χ0v) is 15.9. The summed E-state index contributed by atoms with van der Waals surface area (Å²) >= 11 is 3.40. The number of hydrogen-bond acceptors (Lipinski definition) is 3. The SMILES string of the molecule is Nc1nccc(Br)c1-c1ccc(C(=O)N[C@H]2C[C@@H]2c2ccccc2)c(F)c1. The van der Waals surface area contributed by atoms with Crippen molar-refractivity contribution in [1.82, 2.24) is 10.3 Å². The van der Waals surface area contributed by atoms with Crippen molar-refractivity contribution in [2.75, 3.05) is 5.73 Å². The van der Waals surface area contributed by atoms with E-state index >= 15 is 0 Å². The molecule has 1 aliphatic carbocycles. The van der Waals surface area contributed by atoms with Gasteiger partial charge in [-0.25, -0.2) is 9.37 Å². The average Bonchev–Trinajstić information content (AvgIpc) is 3.41. The minimum absolute atomic E-state index is 0.0241. The number of aromatic nitrogens is 1. The number of rotatable bonds is 4. The van der Waals surface area contributed by atoms with Crippen LogP contribution >= 0.6 is 15.9 Å². The van der Waals surface area contributed by atoms with Crippen LogP contribution in [0.2, 0.25) is 0 Å². The maximum atomic E-state index is 14.6. The van der Waals surface area contributed by atoms with E-state index in [1.54, 1.807) is 18.3 Å². The molecule has 0 aliphatic heterocycles. The Labute approximate surface area is 164 Å². The molecule has 2 aromatic carbocycles. The molecule has 0 unspecified atom stereocenters. The number of carbonyl (C=O) groups excluding carboxylic acids is 1. The van der Waals surface area contributed by atoms with Crippen molar-refractivity contribution in [2.45, 2.75) is 18.4 Å². The second-order valence-electron chi connectivity index (χ2n) is 6.58. The lowest BCUT2D eigenvalue weighted by molar-refractivity contribution is 0.0946. The molecule has 0 radical (unpaired) electrons. The number of anilines is 1. The number of carbonyl (C=O) groups is 1. The molecule has 1 aliphatic rings. The first kappa shape index (κ1) is 17.7. The van der Waals surface area contributed by atoms with E-state index in [0.29, 0.717) is 22.9 Å². The van der Waals surface area contributed by atoms with Crippen molar-refractivity contribution in [2.24, 2.45) is 0 Å². The van der Waals surface area contributed by atoms with Gasteiger partial charge in [0.05, 0.1) is 5.56 Å². The maximum absolute atomic E-state index is 14.6. The molecule has 6 heteroatoms. The quantitative estimate of drug-likeness (QED) is 0.645. The van der Waals surface area contributed by atoms with E-state index in [9.17, 15) is 9.18 Å². The van der Waals surface area contributed by atoms with Gasteiger partial charge in [-0.05, 0) is 51.7 Å². The van der Waals surface area contributed by atoms with Crippen LogP contribution in [0.15, 0.2) is 65.3 Å². The van der Waals surface area contributed by atoms with E-state index in [-0.39, 0.29) is 11.6 Å². The Kier molecular flexibility index (Phi) is 4.66. The summed E-state index contributed by atoms with van der Waals surface area (Å²) in [7, 11) is 0. The predicted octanol–water partition coefficient (Wildman–Crippen LogP) is 4.52. The van der Waals surface area contributed by atoms with Crippen LogP contribution in [0.1, 0.15) is 28.3 Å². The predicted molar refractivity (Wildman–Crippen MR) is 107 cm³/mol. The van der Waals surface area contributed by atoms with Crippen LogP contribution in [-0.4, -0.2) is 16.9 Å². The summed E-state index contributed by atoms with van der Waals surface area (Å²) in [5.41, 5.74) is 8.29. The first-order valence-corrected chi connectivity index (χ1v) is 9.39. The fourth-order valence-corrected chi connectivity index (χ4v) is 3.81. The average molecular weight is 426 g/mol. The Hall–Kier alpha value is -2.73. The van der Waals surface area contributed by atoms with Gasteiger partial charge in [-0.1, -0.05) is 36.4 Å². The van der Waals surface area contributed by atoms with Gasteiger partial charge in [0.2, 0.25) is 0 Å². The van der Waals surface area contributed by atoms with E-state index in [4.69, 9.17) is 5.73 Å². The Morgan fingerprint density at radius 1 is 1.19 bits per heavy atom. The Morgan fingerprint density at radius 2 is 1.96 bits per heavy atom. The number of benzene rings is 2. The van der Waals surface area contributed by atoms with E-state index in [0.717, 1.165) is 10.9 Å². The number of hydrogen-bond donors (Lipinski definition) is 2. The number of nitrogens with one attached hydrogen (secondary N) is 1. The van der Waals surface area contributed by atoms with Crippen molar-refractivity contribution in [1.29, 1.82) is 0 Å². The Bertz CT molecular complexity index is 989. The van der Waals surface area contributed by atoms with Gasteiger partial charge in [0.25, 0.3) is 5.91 Å². The molecular formula is C21H17BrFN3O. The largest absolute Gasteiger partial charge is 0.383 e. The molecule has 2 atom stereocenters. The zero-order chi connectivity index (χ0) is 19.0. The monoisotopic (exact) mass is 425 g/mol. The minimum Gasteiger partial charge on any atom is -0.383 e. The molecule has 1 aromatic heterocycles. The number of nitrogens with zero attached hydrogens (tertiary/aromatic N) is 1. The van der Waals surface area contributed by atoms with E-state index in [2.05, 4.69) is 26.2 Å². The summed E-state index contributed by atoms with van der Waals surface area (Å²) in [5.74, 6) is -0.397.